The fourth-order valence-corrected chi connectivity index (χ4v) is 3.18. The summed E-state index contributed by atoms with van der Waals surface area (Å²) in [5, 5.41) is 30.7. The number of anilines is 1. The van der Waals surface area contributed by atoms with E-state index >= 15 is 0 Å². The van der Waals surface area contributed by atoms with Crippen LogP contribution in [0.1, 0.15) is 16.7 Å². The fourth-order valence-electron chi connectivity index (χ4n) is 3.18. The molecule has 3 aromatic rings. The lowest BCUT2D eigenvalue weighted by Gasteiger charge is -2.11. The zero-order valence-corrected chi connectivity index (χ0v) is 13.8. The van der Waals surface area contributed by atoms with E-state index in [1.54, 1.807) is 23.0 Å². The molecule has 0 radical (unpaired) electrons. The predicted molar refractivity (Wildman–Crippen MR) is 94.2 cm³/mol. The molecule has 1 aromatic carbocycles. The van der Waals surface area contributed by atoms with Crippen LogP contribution in [-0.2, 0) is 18.3 Å². The summed E-state index contributed by atoms with van der Waals surface area (Å²) >= 11 is 0. The van der Waals surface area contributed by atoms with E-state index < -0.39 is 0 Å². The third-order valence-corrected chi connectivity index (χ3v) is 4.19. The highest BCUT2D eigenvalue weighted by Gasteiger charge is 2.29. The molecule has 2 heterocycles. The molecule has 130 valence electrons. The lowest BCUT2D eigenvalue weighted by atomic mass is 9.96. The number of phenols is 1. The number of nitrogens with two attached hydrogens (primary N) is 1. The van der Waals surface area contributed by atoms with Crippen LogP contribution in [0.3, 0.4) is 0 Å². The summed E-state index contributed by atoms with van der Waals surface area (Å²) in [7, 11) is 1.82. The Kier molecular flexibility index (Phi) is 4.29. The Labute approximate surface area is 148 Å². The van der Waals surface area contributed by atoms with Gasteiger partial charge in [0, 0.05) is 41.9 Å². The van der Waals surface area contributed by atoms with Crippen LogP contribution in [0.5, 0.6) is 5.75 Å². The summed E-state index contributed by atoms with van der Waals surface area (Å²) in [5.41, 5.74) is 11.2. The molecule has 0 atom stereocenters. The van der Waals surface area contributed by atoms with E-state index in [9.17, 15) is 10.4 Å². The SMILES string of the molecule is Cn1cc(-c2c(C#N)c(N)nc3c2Cc2c(O)cccc2-3)cn1.O=CO. The zero-order valence-electron chi connectivity index (χ0n) is 13.8. The first-order valence-electron chi connectivity index (χ1n) is 7.62. The third kappa shape index (κ3) is 2.61. The van der Waals surface area contributed by atoms with E-state index in [0.717, 1.165) is 33.5 Å². The number of nitrogens with zero attached hydrogens (tertiary/aromatic N) is 4. The van der Waals surface area contributed by atoms with Crippen LogP contribution >= 0.6 is 0 Å². The molecule has 0 saturated carbocycles. The molecule has 4 N–H and O–H groups in total. The topological polar surface area (TPSA) is 138 Å². The van der Waals surface area contributed by atoms with Crippen molar-refractivity contribution >= 4 is 12.3 Å². The Bertz CT molecular complexity index is 1050. The van der Waals surface area contributed by atoms with E-state index in [0.29, 0.717) is 12.0 Å². The van der Waals surface area contributed by atoms with Gasteiger partial charge < -0.3 is 15.9 Å². The van der Waals surface area contributed by atoms with Crippen molar-refractivity contribution in [3.63, 3.8) is 0 Å². The molecule has 0 amide bonds. The minimum Gasteiger partial charge on any atom is -0.508 e. The summed E-state index contributed by atoms with van der Waals surface area (Å²) in [4.78, 5) is 12.8. The van der Waals surface area contributed by atoms with Crippen molar-refractivity contribution in [2.24, 2.45) is 7.05 Å². The Hall–Kier alpha value is -3.86. The van der Waals surface area contributed by atoms with Gasteiger partial charge in [0.15, 0.2) is 0 Å². The molecule has 0 saturated heterocycles. The van der Waals surface area contributed by atoms with Crippen LogP contribution in [0.4, 0.5) is 5.82 Å². The number of aromatic nitrogens is 3. The predicted octanol–water partition coefficient (Wildman–Crippen LogP) is 1.91. The van der Waals surface area contributed by atoms with Gasteiger partial charge >= 0.3 is 0 Å². The molecule has 0 unspecified atom stereocenters. The molecular weight excluding hydrogens is 334 g/mol. The molecule has 0 aliphatic heterocycles. The molecule has 0 spiro atoms. The maximum Gasteiger partial charge on any atom is 0.290 e. The van der Waals surface area contributed by atoms with E-state index in [2.05, 4.69) is 16.2 Å². The molecule has 1 aliphatic carbocycles. The first kappa shape index (κ1) is 17.0. The second-order valence-electron chi connectivity index (χ2n) is 5.67. The third-order valence-electron chi connectivity index (χ3n) is 4.19. The fraction of sp³-hybridized carbons (Fsp3) is 0.111. The highest BCUT2D eigenvalue weighted by Crippen LogP contribution is 2.45. The number of benzene rings is 1. The number of hydrogen-bond donors (Lipinski definition) is 3. The number of aryl methyl sites for hydroxylation is 1. The quantitative estimate of drug-likeness (QED) is 0.446. The lowest BCUT2D eigenvalue weighted by Crippen LogP contribution is -2.02. The van der Waals surface area contributed by atoms with Gasteiger partial charge in [0.05, 0.1) is 11.9 Å². The number of phenolic OH excluding ortho intramolecular Hbond substituents is 1. The Balaban J connectivity index is 0.000000613. The zero-order chi connectivity index (χ0) is 18.8. The lowest BCUT2D eigenvalue weighted by molar-refractivity contribution is -0.122. The van der Waals surface area contributed by atoms with E-state index in [4.69, 9.17) is 15.6 Å². The molecule has 4 rings (SSSR count). The van der Waals surface area contributed by atoms with Gasteiger partial charge in [-0.2, -0.15) is 10.4 Å². The van der Waals surface area contributed by atoms with Gasteiger partial charge in [0.2, 0.25) is 0 Å². The minimum atomic E-state index is -0.250. The average molecular weight is 349 g/mol. The number of fused-ring (bicyclic) bond motifs is 3. The molecule has 8 heteroatoms. The van der Waals surface area contributed by atoms with Crippen LogP contribution in [0.15, 0.2) is 30.6 Å². The molecule has 0 fully saturated rings. The molecule has 8 nitrogen and oxygen atoms in total. The van der Waals surface area contributed by atoms with Gasteiger partial charge in [-0.15, -0.1) is 0 Å². The van der Waals surface area contributed by atoms with Gasteiger partial charge in [0.25, 0.3) is 6.47 Å². The van der Waals surface area contributed by atoms with Crippen LogP contribution in [-0.4, -0.2) is 31.4 Å². The average Bonchev–Trinajstić information content (AvgIpc) is 3.19. The molecule has 26 heavy (non-hydrogen) atoms. The molecule has 2 aromatic heterocycles. The summed E-state index contributed by atoms with van der Waals surface area (Å²) < 4.78 is 1.68. The first-order valence-corrected chi connectivity index (χ1v) is 7.62. The highest BCUT2D eigenvalue weighted by molar-refractivity contribution is 5.88. The number of pyridine rings is 1. The Morgan fingerprint density at radius 1 is 1.38 bits per heavy atom. The summed E-state index contributed by atoms with van der Waals surface area (Å²) in [6.45, 7) is -0.250. The second kappa shape index (κ2) is 6.57. The number of nitriles is 1. The van der Waals surface area contributed by atoms with E-state index in [1.165, 1.54) is 0 Å². The van der Waals surface area contributed by atoms with Gasteiger partial charge in [-0.1, -0.05) is 12.1 Å². The summed E-state index contributed by atoms with van der Waals surface area (Å²) in [6, 6.07) is 7.50. The second-order valence-corrected chi connectivity index (χ2v) is 5.67. The maximum absolute atomic E-state index is 10.1. The van der Waals surface area contributed by atoms with Crippen molar-refractivity contribution in [2.45, 2.75) is 6.42 Å². The van der Waals surface area contributed by atoms with Crippen molar-refractivity contribution in [2.75, 3.05) is 5.73 Å². The van der Waals surface area contributed by atoms with Crippen LogP contribution in [0, 0.1) is 11.3 Å². The standard InChI is InChI=1S/C17H13N5O.CH2O2/c1-22-8-9(7-20-22)15-12-5-11-10(3-2-4-14(11)23)16(12)21-17(19)13(15)6-18;2-1-3/h2-4,7-8,23H,5H2,1H3,(H2,19,21);1H,(H,2,3). The number of aromatic hydroxyl groups is 1. The maximum atomic E-state index is 10.1. The number of hydrogen-bond acceptors (Lipinski definition) is 6. The largest absolute Gasteiger partial charge is 0.508 e. The Morgan fingerprint density at radius 3 is 2.73 bits per heavy atom. The van der Waals surface area contributed by atoms with Crippen LogP contribution in [0.2, 0.25) is 0 Å². The van der Waals surface area contributed by atoms with Gasteiger partial charge in [-0.25, -0.2) is 4.98 Å². The number of rotatable bonds is 1. The normalized spacial score (nSPS) is 10.9. The number of carbonyl (C=O) groups is 1. The highest BCUT2D eigenvalue weighted by atomic mass is 16.3. The first-order chi connectivity index (χ1) is 12.5. The van der Waals surface area contributed by atoms with Crippen molar-refractivity contribution in [3.8, 4) is 34.2 Å². The molecule has 0 bridgehead atoms. The summed E-state index contributed by atoms with van der Waals surface area (Å²) in [5.74, 6) is 0.427. The molecule has 1 aliphatic rings. The van der Waals surface area contributed by atoms with Crippen molar-refractivity contribution in [1.82, 2.24) is 14.8 Å². The Morgan fingerprint density at radius 2 is 2.12 bits per heavy atom. The van der Waals surface area contributed by atoms with Crippen LogP contribution < -0.4 is 5.73 Å². The van der Waals surface area contributed by atoms with E-state index in [-0.39, 0.29) is 18.0 Å². The van der Waals surface area contributed by atoms with Gasteiger partial charge in [-0.3, -0.25) is 9.48 Å². The molecular formula is C18H15N5O3. The summed E-state index contributed by atoms with van der Waals surface area (Å²) in [6.07, 6.45) is 4.07. The van der Waals surface area contributed by atoms with Crippen molar-refractivity contribution < 1.29 is 15.0 Å². The number of carboxylic acid groups (broad SMARTS) is 1. The van der Waals surface area contributed by atoms with Crippen molar-refractivity contribution in [3.05, 3.63) is 47.3 Å². The number of nitrogen functional groups attached to an aromatic ring is 1. The minimum absolute atomic E-state index is 0.196. The monoisotopic (exact) mass is 349 g/mol. The van der Waals surface area contributed by atoms with Crippen LogP contribution in [0.25, 0.3) is 22.4 Å². The smallest absolute Gasteiger partial charge is 0.290 e. The van der Waals surface area contributed by atoms with Gasteiger partial charge in [0.1, 0.15) is 23.2 Å². The van der Waals surface area contributed by atoms with E-state index in [1.807, 2.05) is 19.3 Å². The van der Waals surface area contributed by atoms with Gasteiger partial charge in [-0.05, 0) is 11.6 Å². The van der Waals surface area contributed by atoms with Crippen molar-refractivity contribution in [1.29, 1.82) is 5.26 Å².